The topological polar surface area (TPSA) is 66.3 Å². The Kier molecular flexibility index (Phi) is 5.28. The molecule has 32 heavy (non-hydrogen) atoms. The Hall–Kier alpha value is -3.78. The lowest BCUT2D eigenvalue weighted by molar-refractivity contribution is 0.0664. The minimum atomic E-state index is -0.296. The van der Waals surface area contributed by atoms with Crippen LogP contribution in [0.2, 0.25) is 0 Å². The molecule has 0 bridgehead atoms. The van der Waals surface area contributed by atoms with Crippen molar-refractivity contribution in [2.24, 2.45) is 0 Å². The molecule has 7 nitrogen and oxygen atoms in total. The number of hydrogen-bond donors (Lipinski definition) is 1. The zero-order valence-electron chi connectivity index (χ0n) is 17.7. The number of likely N-dealkylation sites (N-methyl/N-ethyl adjacent to an activating group) is 1. The highest BCUT2D eigenvalue weighted by Gasteiger charge is 2.20. The minimum absolute atomic E-state index is 0.0649. The Morgan fingerprint density at radius 3 is 2.41 bits per heavy atom. The highest BCUT2D eigenvalue weighted by atomic mass is 19.1. The summed E-state index contributed by atoms with van der Waals surface area (Å²) in [6.45, 7) is 3.29. The van der Waals surface area contributed by atoms with Crippen molar-refractivity contribution in [1.82, 2.24) is 24.3 Å². The normalized spacial score (nSPS) is 14.6. The maximum Gasteiger partial charge on any atom is 0.253 e. The molecule has 0 unspecified atom stereocenters. The molecule has 4 aromatic rings. The molecule has 0 atom stereocenters. The largest absolute Gasteiger partial charge is 0.336 e. The molecule has 1 aliphatic rings. The van der Waals surface area contributed by atoms with Gasteiger partial charge in [-0.15, -0.1) is 0 Å². The SMILES string of the molecule is CN1CCN(C(=O)c2ccc(-n3ccc4cnc(Nc5ccc(F)cc5)nc43)cc2)CC1. The molecule has 0 spiro atoms. The van der Waals surface area contributed by atoms with Crippen LogP contribution in [0.3, 0.4) is 0 Å². The molecule has 3 heterocycles. The highest BCUT2D eigenvalue weighted by Crippen LogP contribution is 2.22. The summed E-state index contributed by atoms with van der Waals surface area (Å²) in [7, 11) is 2.07. The number of hydrogen-bond acceptors (Lipinski definition) is 5. The van der Waals surface area contributed by atoms with Gasteiger partial charge in [-0.1, -0.05) is 0 Å². The van der Waals surface area contributed by atoms with Crippen molar-refractivity contribution in [2.45, 2.75) is 0 Å². The van der Waals surface area contributed by atoms with Crippen LogP contribution in [0.4, 0.5) is 16.0 Å². The van der Waals surface area contributed by atoms with Gasteiger partial charge in [0.25, 0.3) is 5.91 Å². The second-order valence-electron chi connectivity index (χ2n) is 7.93. The van der Waals surface area contributed by atoms with Gasteiger partial charge in [-0.05, 0) is 61.6 Å². The Labute approximate surface area is 185 Å². The van der Waals surface area contributed by atoms with E-state index in [9.17, 15) is 9.18 Å². The summed E-state index contributed by atoms with van der Waals surface area (Å²) in [5, 5.41) is 4.00. The smallest absolute Gasteiger partial charge is 0.253 e. The van der Waals surface area contributed by atoms with Crippen LogP contribution in [-0.2, 0) is 0 Å². The van der Waals surface area contributed by atoms with Gasteiger partial charge in [-0.3, -0.25) is 4.79 Å². The lowest BCUT2D eigenvalue weighted by Crippen LogP contribution is -2.47. The first-order chi connectivity index (χ1) is 15.6. The second-order valence-corrected chi connectivity index (χ2v) is 7.93. The van der Waals surface area contributed by atoms with E-state index in [1.807, 2.05) is 46.0 Å². The molecule has 8 heteroatoms. The lowest BCUT2D eigenvalue weighted by Gasteiger charge is -2.32. The Morgan fingerprint density at radius 1 is 0.969 bits per heavy atom. The fraction of sp³-hybridized carbons (Fsp3) is 0.208. The fourth-order valence-corrected chi connectivity index (χ4v) is 3.81. The van der Waals surface area contributed by atoms with E-state index in [2.05, 4.69) is 27.2 Å². The van der Waals surface area contributed by atoms with E-state index < -0.39 is 0 Å². The standard InChI is InChI=1S/C24H23FN6O/c1-29-12-14-30(15-13-29)23(32)17-2-8-21(9-3-17)31-11-10-18-16-26-24(28-22(18)31)27-20-6-4-19(25)5-7-20/h2-11,16H,12-15H2,1H3,(H,26,27,28). The van der Waals surface area contributed by atoms with Crippen molar-refractivity contribution in [3.8, 4) is 5.69 Å². The molecule has 0 radical (unpaired) electrons. The molecule has 5 rings (SSSR count). The maximum atomic E-state index is 13.1. The first-order valence-corrected chi connectivity index (χ1v) is 10.5. The van der Waals surface area contributed by atoms with Crippen molar-refractivity contribution < 1.29 is 9.18 Å². The molecule has 162 valence electrons. The molecule has 2 aromatic carbocycles. The predicted octanol–water partition coefficient (Wildman–Crippen LogP) is 3.69. The molecule has 1 fully saturated rings. The van der Waals surface area contributed by atoms with Gasteiger partial charge >= 0.3 is 0 Å². The molecule has 0 saturated carbocycles. The number of nitrogens with one attached hydrogen (secondary N) is 1. The molecular formula is C24H23FN6O. The van der Waals surface area contributed by atoms with Gasteiger partial charge in [-0.2, -0.15) is 4.98 Å². The van der Waals surface area contributed by atoms with Gasteiger partial charge < -0.3 is 19.7 Å². The average molecular weight is 430 g/mol. The van der Waals surface area contributed by atoms with Crippen molar-refractivity contribution in [2.75, 3.05) is 38.5 Å². The molecule has 2 aromatic heterocycles. The first-order valence-electron chi connectivity index (χ1n) is 10.5. The third-order valence-electron chi connectivity index (χ3n) is 5.71. The summed E-state index contributed by atoms with van der Waals surface area (Å²) in [6, 6.07) is 15.6. The van der Waals surface area contributed by atoms with Crippen LogP contribution in [0.25, 0.3) is 16.7 Å². The van der Waals surface area contributed by atoms with Crippen LogP contribution < -0.4 is 5.32 Å². The van der Waals surface area contributed by atoms with E-state index in [-0.39, 0.29) is 11.7 Å². The number of fused-ring (bicyclic) bond motifs is 1. The summed E-state index contributed by atoms with van der Waals surface area (Å²) in [6.07, 6.45) is 3.67. The summed E-state index contributed by atoms with van der Waals surface area (Å²) < 4.78 is 15.1. The maximum absolute atomic E-state index is 13.1. The number of nitrogens with zero attached hydrogens (tertiary/aromatic N) is 5. The van der Waals surface area contributed by atoms with Crippen LogP contribution in [0.5, 0.6) is 0 Å². The van der Waals surface area contributed by atoms with Crippen molar-refractivity contribution in [1.29, 1.82) is 0 Å². The average Bonchev–Trinajstić information content (AvgIpc) is 3.24. The van der Waals surface area contributed by atoms with E-state index in [1.165, 1.54) is 12.1 Å². The van der Waals surface area contributed by atoms with Gasteiger partial charge in [0.2, 0.25) is 5.95 Å². The summed E-state index contributed by atoms with van der Waals surface area (Å²) in [5.41, 5.74) is 3.03. The van der Waals surface area contributed by atoms with Gasteiger partial charge in [0.1, 0.15) is 11.5 Å². The van der Waals surface area contributed by atoms with E-state index in [0.717, 1.165) is 42.9 Å². The van der Waals surface area contributed by atoms with Crippen LogP contribution >= 0.6 is 0 Å². The van der Waals surface area contributed by atoms with Crippen molar-refractivity contribution in [3.05, 3.63) is 78.4 Å². The Bertz CT molecular complexity index is 1240. The Balaban J connectivity index is 1.38. The number of benzene rings is 2. The van der Waals surface area contributed by atoms with Crippen LogP contribution in [0.15, 0.2) is 67.0 Å². The number of rotatable bonds is 4. The molecular weight excluding hydrogens is 407 g/mol. The first kappa shape index (κ1) is 20.1. The third-order valence-corrected chi connectivity index (χ3v) is 5.71. The third kappa shape index (κ3) is 4.04. The van der Waals surface area contributed by atoms with Crippen molar-refractivity contribution in [3.63, 3.8) is 0 Å². The zero-order valence-corrected chi connectivity index (χ0v) is 17.7. The number of anilines is 2. The van der Waals surface area contributed by atoms with Crippen LogP contribution in [-0.4, -0.2) is 63.5 Å². The summed E-state index contributed by atoms with van der Waals surface area (Å²) >= 11 is 0. The number of amides is 1. The monoisotopic (exact) mass is 430 g/mol. The van der Waals surface area contributed by atoms with Crippen molar-refractivity contribution >= 4 is 28.6 Å². The van der Waals surface area contributed by atoms with Gasteiger partial charge in [0.15, 0.2) is 0 Å². The van der Waals surface area contributed by atoms with Gasteiger partial charge in [-0.25, -0.2) is 9.37 Å². The number of aromatic nitrogens is 3. The molecule has 1 aliphatic heterocycles. The summed E-state index contributed by atoms with van der Waals surface area (Å²) in [4.78, 5) is 25.9. The predicted molar refractivity (Wildman–Crippen MR) is 122 cm³/mol. The minimum Gasteiger partial charge on any atom is -0.336 e. The lowest BCUT2D eigenvalue weighted by atomic mass is 10.1. The number of halogens is 1. The molecule has 1 N–H and O–H groups in total. The second kappa shape index (κ2) is 8.39. The number of carbonyl (C=O) groups excluding carboxylic acids is 1. The number of piperazine rings is 1. The van der Waals surface area contributed by atoms with E-state index in [0.29, 0.717) is 17.2 Å². The van der Waals surface area contributed by atoms with E-state index in [1.54, 1.807) is 18.3 Å². The molecule has 1 amide bonds. The van der Waals surface area contributed by atoms with Gasteiger partial charge in [0, 0.05) is 60.9 Å². The summed E-state index contributed by atoms with van der Waals surface area (Å²) in [5.74, 6) is 0.191. The molecule has 1 saturated heterocycles. The zero-order chi connectivity index (χ0) is 22.1. The van der Waals surface area contributed by atoms with Crippen LogP contribution in [0.1, 0.15) is 10.4 Å². The molecule has 0 aliphatic carbocycles. The quantitative estimate of drug-likeness (QED) is 0.535. The van der Waals surface area contributed by atoms with Gasteiger partial charge in [0.05, 0.1) is 0 Å². The fourth-order valence-electron chi connectivity index (χ4n) is 3.81. The Morgan fingerprint density at radius 2 is 1.69 bits per heavy atom. The number of carbonyl (C=O) groups is 1. The van der Waals surface area contributed by atoms with Crippen LogP contribution in [0, 0.1) is 5.82 Å². The van der Waals surface area contributed by atoms with E-state index >= 15 is 0 Å². The van der Waals surface area contributed by atoms with E-state index in [4.69, 9.17) is 0 Å². The highest BCUT2D eigenvalue weighted by molar-refractivity contribution is 5.94.